The summed E-state index contributed by atoms with van der Waals surface area (Å²) in [6.07, 6.45) is 1.57. The Kier molecular flexibility index (Phi) is 3.31. The summed E-state index contributed by atoms with van der Waals surface area (Å²) >= 11 is 0. The summed E-state index contributed by atoms with van der Waals surface area (Å²) in [7, 11) is 0. The van der Waals surface area contributed by atoms with Crippen LogP contribution < -0.4 is 4.90 Å². The summed E-state index contributed by atoms with van der Waals surface area (Å²) in [6, 6.07) is 2.00. The Bertz CT molecular complexity index is 395. The number of aliphatic hydroxyl groups excluding tert-OH is 1. The van der Waals surface area contributed by atoms with Crippen LogP contribution >= 0.6 is 0 Å². The Morgan fingerprint density at radius 3 is 3.00 bits per heavy atom. The van der Waals surface area contributed by atoms with Gasteiger partial charge in [-0.15, -0.1) is 5.10 Å². The molecule has 1 aromatic heterocycles. The Labute approximate surface area is 101 Å². The minimum absolute atomic E-state index is 0.0270. The third kappa shape index (κ3) is 2.92. The van der Waals surface area contributed by atoms with Crippen molar-refractivity contribution >= 4 is 5.82 Å². The first kappa shape index (κ1) is 12.3. The molecule has 5 heteroatoms. The fourth-order valence-corrected chi connectivity index (χ4v) is 2.17. The first-order valence-electron chi connectivity index (χ1n) is 5.83. The smallest absolute Gasteiger partial charge is 0.151 e. The lowest BCUT2D eigenvalue weighted by atomic mass is 10.1. The van der Waals surface area contributed by atoms with E-state index >= 15 is 0 Å². The highest BCUT2D eigenvalue weighted by Gasteiger charge is 2.33. The summed E-state index contributed by atoms with van der Waals surface area (Å²) < 4.78 is 5.77. The van der Waals surface area contributed by atoms with Crippen molar-refractivity contribution < 1.29 is 9.84 Å². The molecule has 2 heterocycles. The van der Waals surface area contributed by atoms with E-state index < -0.39 is 0 Å². The van der Waals surface area contributed by atoms with Gasteiger partial charge in [0.05, 0.1) is 24.5 Å². The van der Waals surface area contributed by atoms with Crippen LogP contribution in [0.15, 0.2) is 12.3 Å². The van der Waals surface area contributed by atoms with Crippen LogP contribution in [-0.4, -0.2) is 46.7 Å². The van der Waals surface area contributed by atoms with Gasteiger partial charge in [-0.25, -0.2) is 0 Å². The minimum atomic E-state index is -0.281. The molecule has 94 valence electrons. The molecule has 0 aromatic carbocycles. The molecular formula is C12H19N3O2. The Morgan fingerprint density at radius 2 is 2.35 bits per heavy atom. The average molecular weight is 237 g/mol. The fraction of sp³-hybridized carbons (Fsp3) is 0.667. The second-order valence-electron chi connectivity index (χ2n) is 5.15. The van der Waals surface area contributed by atoms with E-state index in [0.717, 1.165) is 17.9 Å². The topological polar surface area (TPSA) is 58.5 Å². The van der Waals surface area contributed by atoms with Crippen LogP contribution in [0.4, 0.5) is 5.82 Å². The Balaban J connectivity index is 2.20. The molecule has 0 aliphatic carbocycles. The largest absolute Gasteiger partial charge is 0.394 e. The summed E-state index contributed by atoms with van der Waals surface area (Å²) in [4.78, 5) is 2.12. The van der Waals surface area contributed by atoms with Gasteiger partial charge in [-0.05, 0) is 32.4 Å². The zero-order chi connectivity index (χ0) is 12.5. The van der Waals surface area contributed by atoms with Gasteiger partial charge in [0.25, 0.3) is 0 Å². The van der Waals surface area contributed by atoms with Crippen LogP contribution in [0.5, 0.6) is 0 Å². The molecule has 5 nitrogen and oxygen atoms in total. The number of rotatable bonds is 2. The summed E-state index contributed by atoms with van der Waals surface area (Å²) in [6.45, 7) is 7.46. The maximum atomic E-state index is 9.25. The Morgan fingerprint density at radius 1 is 1.59 bits per heavy atom. The van der Waals surface area contributed by atoms with E-state index in [0.29, 0.717) is 6.54 Å². The molecule has 17 heavy (non-hydrogen) atoms. The lowest BCUT2D eigenvalue weighted by Gasteiger charge is -2.42. The SMILES string of the molecule is Cc1cnnc(N2CC(CO)OC(C)(C)C2)c1. The summed E-state index contributed by atoms with van der Waals surface area (Å²) in [5.74, 6) is 0.847. The maximum Gasteiger partial charge on any atom is 0.151 e. The van der Waals surface area contributed by atoms with Crippen molar-refractivity contribution in [2.45, 2.75) is 32.5 Å². The summed E-state index contributed by atoms with van der Waals surface area (Å²) in [5, 5.41) is 17.4. The molecular weight excluding hydrogens is 218 g/mol. The van der Waals surface area contributed by atoms with Gasteiger partial charge in [0.1, 0.15) is 0 Å². The first-order valence-corrected chi connectivity index (χ1v) is 5.83. The number of aryl methyl sites for hydroxylation is 1. The summed E-state index contributed by atoms with van der Waals surface area (Å²) in [5.41, 5.74) is 0.803. The van der Waals surface area contributed by atoms with Crippen molar-refractivity contribution in [3.63, 3.8) is 0 Å². The predicted octanol–water partition coefficient (Wildman–Crippen LogP) is 0.761. The van der Waals surface area contributed by atoms with Gasteiger partial charge in [0.2, 0.25) is 0 Å². The molecule has 1 saturated heterocycles. The van der Waals surface area contributed by atoms with Crippen LogP contribution in [0.2, 0.25) is 0 Å². The van der Waals surface area contributed by atoms with Gasteiger partial charge >= 0.3 is 0 Å². The number of morpholine rings is 1. The normalized spacial score (nSPS) is 23.8. The van der Waals surface area contributed by atoms with E-state index in [1.165, 1.54) is 0 Å². The zero-order valence-electron chi connectivity index (χ0n) is 10.6. The molecule has 1 aliphatic rings. The molecule has 1 aliphatic heterocycles. The molecule has 1 fully saturated rings. The van der Waals surface area contributed by atoms with Gasteiger partial charge in [-0.2, -0.15) is 5.10 Å². The van der Waals surface area contributed by atoms with Gasteiger partial charge < -0.3 is 14.7 Å². The fourth-order valence-electron chi connectivity index (χ4n) is 2.17. The molecule has 0 saturated carbocycles. The molecule has 0 amide bonds. The second kappa shape index (κ2) is 4.58. The molecule has 0 radical (unpaired) electrons. The third-order valence-electron chi connectivity index (χ3n) is 2.79. The average Bonchev–Trinajstić information content (AvgIpc) is 2.27. The highest BCUT2D eigenvalue weighted by Crippen LogP contribution is 2.24. The maximum absolute atomic E-state index is 9.25. The molecule has 1 aromatic rings. The van der Waals surface area contributed by atoms with Crippen LogP contribution in [0.3, 0.4) is 0 Å². The van der Waals surface area contributed by atoms with E-state index in [9.17, 15) is 5.11 Å². The number of anilines is 1. The standard InChI is InChI=1S/C12H19N3O2/c1-9-4-11(14-13-5-9)15-6-10(7-16)17-12(2,3)8-15/h4-5,10,16H,6-8H2,1-3H3. The van der Waals surface area contributed by atoms with Crippen molar-refractivity contribution in [2.75, 3.05) is 24.6 Å². The molecule has 0 spiro atoms. The van der Waals surface area contributed by atoms with Crippen molar-refractivity contribution in [2.24, 2.45) is 0 Å². The monoisotopic (exact) mass is 237 g/mol. The number of nitrogens with zero attached hydrogens (tertiary/aromatic N) is 3. The second-order valence-corrected chi connectivity index (χ2v) is 5.15. The van der Waals surface area contributed by atoms with Gasteiger partial charge in [-0.1, -0.05) is 0 Å². The minimum Gasteiger partial charge on any atom is -0.394 e. The number of hydrogen-bond donors (Lipinski definition) is 1. The molecule has 0 bridgehead atoms. The van der Waals surface area contributed by atoms with Crippen molar-refractivity contribution in [3.8, 4) is 0 Å². The molecule has 1 N–H and O–H groups in total. The van der Waals surface area contributed by atoms with Crippen LogP contribution in [-0.2, 0) is 4.74 Å². The van der Waals surface area contributed by atoms with E-state index in [2.05, 4.69) is 15.1 Å². The number of ether oxygens (including phenoxy) is 1. The van der Waals surface area contributed by atoms with E-state index in [1.807, 2.05) is 26.8 Å². The van der Waals surface area contributed by atoms with E-state index in [1.54, 1.807) is 6.20 Å². The third-order valence-corrected chi connectivity index (χ3v) is 2.79. The number of hydrogen-bond acceptors (Lipinski definition) is 5. The molecule has 2 rings (SSSR count). The lowest BCUT2D eigenvalue weighted by Crippen LogP contribution is -2.54. The van der Waals surface area contributed by atoms with Gasteiger partial charge in [-0.3, -0.25) is 0 Å². The highest BCUT2D eigenvalue weighted by molar-refractivity contribution is 5.40. The highest BCUT2D eigenvalue weighted by atomic mass is 16.5. The van der Waals surface area contributed by atoms with Crippen molar-refractivity contribution in [1.29, 1.82) is 0 Å². The lowest BCUT2D eigenvalue weighted by molar-refractivity contribution is -0.101. The quantitative estimate of drug-likeness (QED) is 0.823. The Hall–Kier alpha value is -1.20. The van der Waals surface area contributed by atoms with E-state index in [4.69, 9.17) is 4.74 Å². The van der Waals surface area contributed by atoms with Gasteiger partial charge in [0, 0.05) is 13.1 Å². The van der Waals surface area contributed by atoms with Crippen LogP contribution in [0.25, 0.3) is 0 Å². The van der Waals surface area contributed by atoms with Crippen molar-refractivity contribution in [3.05, 3.63) is 17.8 Å². The van der Waals surface area contributed by atoms with E-state index in [-0.39, 0.29) is 18.3 Å². The van der Waals surface area contributed by atoms with Crippen LogP contribution in [0, 0.1) is 6.92 Å². The zero-order valence-corrected chi connectivity index (χ0v) is 10.6. The molecule has 1 atom stereocenters. The number of aliphatic hydroxyl groups is 1. The van der Waals surface area contributed by atoms with Crippen molar-refractivity contribution in [1.82, 2.24) is 10.2 Å². The molecule has 1 unspecified atom stereocenters. The number of aromatic nitrogens is 2. The van der Waals surface area contributed by atoms with Gasteiger partial charge in [0.15, 0.2) is 5.82 Å². The van der Waals surface area contributed by atoms with Crippen LogP contribution in [0.1, 0.15) is 19.4 Å². The predicted molar refractivity (Wildman–Crippen MR) is 65.0 cm³/mol. The first-order chi connectivity index (χ1) is 8.00.